The van der Waals surface area contributed by atoms with E-state index in [1.807, 2.05) is 6.07 Å². The van der Waals surface area contributed by atoms with Crippen LogP contribution in [-0.2, 0) is 4.79 Å². The van der Waals surface area contributed by atoms with Crippen LogP contribution in [0.5, 0.6) is 5.75 Å². The van der Waals surface area contributed by atoms with Crippen LogP contribution in [0.25, 0.3) is 0 Å². The minimum absolute atomic E-state index is 0.500. The molecular weight excluding hydrogens is 176 g/mol. The van der Waals surface area contributed by atoms with Crippen LogP contribution in [-0.4, -0.2) is 16.5 Å². The van der Waals surface area contributed by atoms with Gasteiger partial charge in [0.25, 0.3) is 0 Å². The van der Waals surface area contributed by atoms with E-state index < -0.39 is 11.4 Å². The van der Waals surface area contributed by atoms with Crippen molar-refractivity contribution in [2.45, 2.75) is 5.44 Å². The van der Waals surface area contributed by atoms with Crippen LogP contribution >= 0.6 is 12.6 Å². The standard InChI is InChI=1S/C8H8O3S/c9-7(10)8(12)11-6-4-2-1-3-5-6/h1-5,8,12H,(H,9,10). The van der Waals surface area contributed by atoms with Crippen molar-refractivity contribution in [2.75, 3.05) is 0 Å². The minimum atomic E-state index is -1.10. The largest absolute Gasteiger partial charge is 0.478 e. The average molecular weight is 184 g/mol. The highest BCUT2D eigenvalue weighted by molar-refractivity contribution is 7.81. The maximum atomic E-state index is 10.3. The lowest BCUT2D eigenvalue weighted by atomic mass is 10.3. The van der Waals surface area contributed by atoms with Gasteiger partial charge in [0, 0.05) is 0 Å². The Morgan fingerprint density at radius 1 is 1.42 bits per heavy atom. The number of para-hydroxylation sites is 1. The zero-order valence-electron chi connectivity index (χ0n) is 6.18. The Hall–Kier alpha value is -1.16. The molecule has 1 aromatic carbocycles. The molecule has 3 nitrogen and oxygen atoms in total. The van der Waals surface area contributed by atoms with Crippen molar-refractivity contribution in [1.82, 2.24) is 0 Å². The Balaban J connectivity index is 2.58. The van der Waals surface area contributed by atoms with Crippen molar-refractivity contribution in [3.8, 4) is 5.75 Å². The minimum Gasteiger partial charge on any atom is -0.478 e. The normalized spacial score (nSPS) is 12.1. The van der Waals surface area contributed by atoms with E-state index in [9.17, 15) is 4.79 Å². The molecule has 0 spiro atoms. The molecule has 0 aliphatic heterocycles. The van der Waals surface area contributed by atoms with Gasteiger partial charge in [-0.1, -0.05) is 18.2 Å². The molecule has 0 fully saturated rings. The van der Waals surface area contributed by atoms with Gasteiger partial charge < -0.3 is 9.84 Å². The lowest BCUT2D eigenvalue weighted by molar-refractivity contribution is -0.140. The van der Waals surface area contributed by atoms with E-state index in [2.05, 4.69) is 12.6 Å². The van der Waals surface area contributed by atoms with Gasteiger partial charge in [0.15, 0.2) is 0 Å². The van der Waals surface area contributed by atoms with Gasteiger partial charge in [-0.25, -0.2) is 4.79 Å². The van der Waals surface area contributed by atoms with E-state index >= 15 is 0 Å². The number of aliphatic carboxylic acids is 1. The van der Waals surface area contributed by atoms with Gasteiger partial charge >= 0.3 is 5.97 Å². The lowest BCUT2D eigenvalue weighted by Gasteiger charge is -2.08. The summed E-state index contributed by atoms with van der Waals surface area (Å²) in [5, 5.41) is 8.44. The summed E-state index contributed by atoms with van der Waals surface area (Å²) >= 11 is 3.71. The first kappa shape index (κ1) is 8.93. The van der Waals surface area contributed by atoms with Gasteiger partial charge in [0.05, 0.1) is 0 Å². The van der Waals surface area contributed by atoms with Gasteiger partial charge in [-0.3, -0.25) is 0 Å². The smallest absolute Gasteiger partial charge is 0.355 e. The molecule has 1 atom stereocenters. The van der Waals surface area contributed by atoms with Gasteiger partial charge in [-0.05, 0) is 12.1 Å². The average Bonchev–Trinajstić information content (AvgIpc) is 2.06. The quantitative estimate of drug-likeness (QED) is 0.551. The second kappa shape index (κ2) is 4.01. The third-order valence-corrected chi connectivity index (χ3v) is 1.53. The summed E-state index contributed by atoms with van der Waals surface area (Å²) in [5.41, 5.74) is -1.10. The number of ether oxygens (including phenoxy) is 1. The number of hydrogen-bond donors (Lipinski definition) is 2. The number of hydrogen-bond acceptors (Lipinski definition) is 3. The fraction of sp³-hybridized carbons (Fsp3) is 0.125. The molecule has 0 bridgehead atoms. The summed E-state index contributed by atoms with van der Waals surface area (Å²) in [6.07, 6.45) is 0. The van der Waals surface area contributed by atoms with Crippen molar-refractivity contribution in [3.05, 3.63) is 30.3 Å². The summed E-state index contributed by atoms with van der Waals surface area (Å²) in [5.74, 6) is -0.595. The van der Waals surface area contributed by atoms with E-state index in [-0.39, 0.29) is 0 Å². The Morgan fingerprint density at radius 3 is 2.50 bits per heavy atom. The van der Waals surface area contributed by atoms with Gasteiger partial charge in [-0.15, -0.1) is 12.6 Å². The van der Waals surface area contributed by atoms with Gasteiger partial charge in [-0.2, -0.15) is 0 Å². The highest BCUT2D eigenvalue weighted by Gasteiger charge is 2.12. The zero-order valence-corrected chi connectivity index (χ0v) is 7.07. The fourth-order valence-electron chi connectivity index (χ4n) is 0.678. The van der Waals surface area contributed by atoms with Gasteiger partial charge in [0.2, 0.25) is 5.44 Å². The van der Waals surface area contributed by atoms with Crippen LogP contribution in [0.2, 0.25) is 0 Å². The highest BCUT2D eigenvalue weighted by Crippen LogP contribution is 2.12. The summed E-state index contributed by atoms with van der Waals surface area (Å²) in [6.45, 7) is 0. The SMILES string of the molecule is O=C(O)C(S)Oc1ccccc1. The zero-order chi connectivity index (χ0) is 8.97. The van der Waals surface area contributed by atoms with E-state index in [1.54, 1.807) is 24.3 Å². The molecule has 0 radical (unpaired) electrons. The number of carboxylic acids is 1. The maximum Gasteiger partial charge on any atom is 0.355 e. The Bertz CT molecular complexity index is 260. The molecule has 1 unspecified atom stereocenters. The van der Waals surface area contributed by atoms with Crippen molar-refractivity contribution >= 4 is 18.6 Å². The first-order valence-corrected chi connectivity index (χ1v) is 3.84. The van der Waals surface area contributed by atoms with Crippen molar-refractivity contribution in [3.63, 3.8) is 0 Å². The molecule has 0 amide bonds. The second-order valence-electron chi connectivity index (χ2n) is 2.12. The summed E-state index contributed by atoms with van der Waals surface area (Å²) in [4.78, 5) is 10.3. The molecule has 1 rings (SSSR count). The number of benzene rings is 1. The first-order valence-electron chi connectivity index (χ1n) is 3.33. The summed E-state index contributed by atoms with van der Waals surface area (Å²) in [6, 6.07) is 8.69. The molecule has 0 saturated heterocycles. The molecule has 0 aliphatic rings. The molecule has 4 heteroatoms. The molecule has 1 aromatic rings. The van der Waals surface area contributed by atoms with Crippen LogP contribution in [0.15, 0.2) is 30.3 Å². The third kappa shape index (κ3) is 2.47. The highest BCUT2D eigenvalue weighted by atomic mass is 32.1. The number of thiol groups is 1. The van der Waals surface area contributed by atoms with Crippen LogP contribution in [0, 0.1) is 0 Å². The van der Waals surface area contributed by atoms with E-state index in [0.717, 1.165) is 0 Å². The van der Waals surface area contributed by atoms with Crippen LogP contribution in [0.3, 0.4) is 0 Å². The first-order chi connectivity index (χ1) is 5.70. The Labute approximate surface area is 75.4 Å². The van der Waals surface area contributed by atoms with Crippen molar-refractivity contribution in [1.29, 1.82) is 0 Å². The summed E-state index contributed by atoms with van der Waals surface area (Å²) < 4.78 is 4.94. The van der Waals surface area contributed by atoms with E-state index in [1.165, 1.54) is 0 Å². The topological polar surface area (TPSA) is 46.5 Å². The molecule has 1 N–H and O–H groups in total. The monoisotopic (exact) mass is 184 g/mol. The lowest BCUT2D eigenvalue weighted by Crippen LogP contribution is -2.20. The number of carbonyl (C=O) groups is 1. The van der Waals surface area contributed by atoms with Gasteiger partial charge in [0.1, 0.15) is 5.75 Å². The predicted molar refractivity (Wildman–Crippen MR) is 47.5 cm³/mol. The molecule has 64 valence electrons. The molecule has 12 heavy (non-hydrogen) atoms. The van der Waals surface area contributed by atoms with Crippen molar-refractivity contribution in [2.24, 2.45) is 0 Å². The van der Waals surface area contributed by atoms with Crippen LogP contribution in [0.1, 0.15) is 0 Å². The van der Waals surface area contributed by atoms with E-state index in [0.29, 0.717) is 5.75 Å². The Morgan fingerprint density at radius 2 is 2.00 bits per heavy atom. The molecule has 0 aromatic heterocycles. The third-order valence-electron chi connectivity index (χ3n) is 1.20. The van der Waals surface area contributed by atoms with E-state index in [4.69, 9.17) is 9.84 Å². The molecular formula is C8H8O3S. The number of rotatable bonds is 3. The second-order valence-corrected chi connectivity index (χ2v) is 2.59. The number of carboxylic acid groups (broad SMARTS) is 1. The molecule has 0 heterocycles. The summed E-state index contributed by atoms with van der Waals surface area (Å²) in [7, 11) is 0. The van der Waals surface area contributed by atoms with Crippen LogP contribution < -0.4 is 4.74 Å². The van der Waals surface area contributed by atoms with Crippen LogP contribution in [0.4, 0.5) is 0 Å². The molecule has 0 saturated carbocycles. The Kier molecular flexibility index (Phi) is 2.99. The fourth-order valence-corrected chi connectivity index (χ4v) is 0.800. The molecule has 0 aliphatic carbocycles. The van der Waals surface area contributed by atoms with Crippen molar-refractivity contribution < 1.29 is 14.6 Å². The predicted octanol–water partition coefficient (Wildman–Crippen LogP) is 1.41. The maximum absolute atomic E-state index is 10.3.